The van der Waals surface area contributed by atoms with Crippen LogP contribution in [0.3, 0.4) is 0 Å². The highest BCUT2D eigenvalue weighted by atomic mass is 35.5. The molecule has 2 aliphatic heterocycles. The van der Waals surface area contributed by atoms with Gasteiger partial charge in [-0.25, -0.2) is 14.9 Å². The number of allylic oxidation sites excluding steroid dienone is 1. The Morgan fingerprint density at radius 3 is 2.38 bits per heavy atom. The van der Waals surface area contributed by atoms with E-state index in [0.29, 0.717) is 22.1 Å². The van der Waals surface area contributed by atoms with Crippen molar-refractivity contribution in [3.05, 3.63) is 71.4 Å². The smallest absolute Gasteiger partial charge is 0.266 e. The molecule has 4 nitrogen and oxygen atoms in total. The van der Waals surface area contributed by atoms with E-state index in [0.717, 1.165) is 11.1 Å². The third-order valence-corrected chi connectivity index (χ3v) is 4.30. The van der Waals surface area contributed by atoms with E-state index >= 15 is 0 Å². The van der Waals surface area contributed by atoms with Crippen molar-refractivity contribution in [1.29, 1.82) is 0 Å². The Hall–Kier alpha value is -2.63. The maximum Gasteiger partial charge on any atom is 0.285 e. The van der Waals surface area contributed by atoms with Gasteiger partial charge in [-0.05, 0) is 42.0 Å². The molecule has 6 heteroatoms. The van der Waals surface area contributed by atoms with Crippen molar-refractivity contribution in [3.8, 4) is 0 Å². The predicted molar refractivity (Wildman–Crippen MR) is 101 cm³/mol. The maximum absolute atomic E-state index is 12.8. The van der Waals surface area contributed by atoms with Crippen LogP contribution in [-0.4, -0.2) is 22.4 Å². The van der Waals surface area contributed by atoms with Crippen LogP contribution in [-0.2, 0) is 4.79 Å². The van der Waals surface area contributed by atoms with E-state index < -0.39 is 0 Å². The number of carbonyl (C=O) groups excluding carboxylic acids is 1. The maximum atomic E-state index is 12.8. The van der Waals surface area contributed by atoms with Crippen LogP contribution < -0.4 is 4.90 Å². The molecule has 116 valence electrons. The van der Waals surface area contributed by atoms with Gasteiger partial charge in [0, 0.05) is 16.8 Å². The van der Waals surface area contributed by atoms with Crippen LogP contribution in [0.1, 0.15) is 5.56 Å². The van der Waals surface area contributed by atoms with Crippen molar-refractivity contribution in [3.63, 3.8) is 0 Å². The molecule has 2 heterocycles. The summed E-state index contributed by atoms with van der Waals surface area (Å²) in [6.07, 6.45) is 1.66. The Kier molecular flexibility index (Phi) is 3.59. The minimum absolute atomic E-state index is 0.194. The fourth-order valence-corrected chi connectivity index (χ4v) is 3.04. The van der Waals surface area contributed by atoms with Gasteiger partial charge >= 0.3 is 0 Å². The third-order valence-electron chi connectivity index (χ3n) is 3.78. The summed E-state index contributed by atoms with van der Waals surface area (Å²) in [6.45, 7) is 0. The predicted octanol–water partition coefficient (Wildman–Crippen LogP) is 3.91. The summed E-state index contributed by atoms with van der Waals surface area (Å²) >= 11 is 11.3. The van der Waals surface area contributed by atoms with Crippen molar-refractivity contribution in [2.75, 3.05) is 4.90 Å². The molecule has 0 aliphatic carbocycles. The molecule has 0 spiro atoms. The Balaban J connectivity index is 1.74. The summed E-state index contributed by atoms with van der Waals surface area (Å²) in [7, 11) is 0. The number of aliphatic imine (C=N–C) groups is 2. The number of thiocarbonyl (C=S) groups is 1. The quantitative estimate of drug-likeness (QED) is 0.770. The zero-order valence-corrected chi connectivity index (χ0v) is 13.9. The van der Waals surface area contributed by atoms with E-state index in [-0.39, 0.29) is 11.0 Å². The highest BCUT2D eigenvalue weighted by molar-refractivity contribution is 7.80. The number of hydrogen-bond acceptors (Lipinski definition) is 3. The number of halogens is 1. The normalized spacial score (nSPS) is 16.5. The number of carbonyl (C=O) groups is 1. The molecular formula is C18H10ClN3OS. The first kappa shape index (κ1) is 14.9. The van der Waals surface area contributed by atoms with Crippen LogP contribution in [0, 0.1) is 0 Å². The number of hydrogen-bond donors (Lipinski definition) is 0. The Morgan fingerprint density at radius 2 is 1.67 bits per heavy atom. The van der Waals surface area contributed by atoms with Crippen LogP contribution in [0.25, 0.3) is 5.57 Å². The largest absolute Gasteiger partial charge is 0.285 e. The monoisotopic (exact) mass is 351 g/mol. The molecule has 1 amide bonds. The van der Waals surface area contributed by atoms with Gasteiger partial charge in [-0.2, -0.15) is 0 Å². The van der Waals surface area contributed by atoms with Crippen LogP contribution in [0.15, 0.2) is 70.8 Å². The molecule has 0 fully saturated rings. The van der Waals surface area contributed by atoms with E-state index in [1.807, 2.05) is 30.3 Å². The second-order valence-electron chi connectivity index (χ2n) is 5.25. The third kappa shape index (κ3) is 2.38. The van der Waals surface area contributed by atoms with Gasteiger partial charge in [0.05, 0.1) is 5.69 Å². The molecule has 0 atom stereocenters. The molecule has 2 aromatic rings. The molecule has 0 unspecified atom stereocenters. The lowest BCUT2D eigenvalue weighted by Crippen LogP contribution is -2.46. The van der Waals surface area contributed by atoms with Crippen LogP contribution in [0.2, 0.25) is 5.02 Å². The second-order valence-corrected chi connectivity index (χ2v) is 6.05. The molecule has 0 bridgehead atoms. The van der Waals surface area contributed by atoms with Gasteiger partial charge in [0.15, 0.2) is 5.71 Å². The van der Waals surface area contributed by atoms with Gasteiger partial charge in [-0.1, -0.05) is 41.9 Å². The van der Waals surface area contributed by atoms with Crippen LogP contribution in [0.4, 0.5) is 5.69 Å². The summed E-state index contributed by atoms with van der Waals surface area (Å²) in [5.41, 5.74) is 3.20. The summed E-state index contributed by atoms with van der Waals surface area (Å²) in [5, 5.41) is 0.782. The van der Waals surface area contributed by atoms with Crippen molar-refractivity contribution in [2.24, 2.45) is 9.98 Å². The first-order chi connectivity index (χ1) is 11.6. The zero-order chi connectivity index (χ0) is 16.7. The Bertz CT molecular complexity index is 946. The van der Waals surface area contributed by atoms with Crippen LogP contribution >= 0.6 is 23.8 Å². The minimum atomic E-state index is -0.283. The number of amides is 1. The molecule has 4 rings (SSSR count). The zero-order valence-electron chi connectivity index (χ0n) is 12.3. The average molecular weight is 352 g/mol. The van der Waals surface area contributed by atoms with Crippen molar-refractivity contribution in [1.82, 2.24) is 0 Å². The van der Waals surface area contributed by atoms with Gasteiger partial charge < -0.3 is 0 Å². The molecule has 0 saturated carbocycles. The van der Waals surface area contributed by atoms with Gasteiger partial charge in [0.25, 0.3) is 5.91 Å². The SMILES string of the molecule is O=C1C2=NC=C(c3ccccc3)C2=NC(=S)N1c1ccc(Cl)cc1. The van der Waals surface area contributed by atoms with E-state index in [2.05, 4.69) is 9.98 Å². The number of nitrogens with zero attached hydrogens (tertiary/aromatic N) is 3. The van der Waals surface area contributed by atoms with Gasteiger partial charge in [-0.3, -0.25) is 4.79 Å². The number of benzene rings is 2. The highest BCUT2D eigenvalue weighted by Crippen LogP contribution is 2.28. The van der Waals surface area contributed by atoms with E-state index in [9.17, 15) is 4.79 Å². The van der Waals surface area contributed by atoms with E-state index in [1.165, 1.54) is 4.90 Å². The first-order valence-corrected chi connectivity index (χ1v) is 8.00. The molecule has 0 saturated heterocycles. The van der Waals surface area contributed by atoms with E-state index in [4.69, 9.17) is 23.8 Å². The highest BCUT2D eigenvalue weighted by Gasteiger charge is 2.37. The van der Waals surface area contributed by atoms with Gasteiger partial charge in [-0.15, -0.1) is 0 Å². The summed E-state index contributed by atoms with van der Waals surface area (Å²) in [6, 6.07) is 16.6. The standard InChI is InChI=1S/C18H10ClN3OS/c19-12-6-8-13(9-7-12)22-17(23)16-15(21-18(22)24)14(10-20-16)11-4-2-1-3-5-11/h1-10H. The second kappa shape index (κ2) is 5.78. The topological polar surface area (TPSA) is 45.0 Å². The fraction of sp³-hybridized carbons (Fsp3) is 0. The van der Waals surface area contributed by atoms with Crippen molar-refractivity contribution >= 4 is 57.5 Å². The van der Waals surface area contributed by atoms with Gasteiger partial charge in [0.2, 0.25) is 5.11 Å². The Morgan fingerprint density at radius 1 is 0.958 bits per heavy atom. The Labute approximate surface area is 148 Å². The van der Waals surface area contributed by atoms with E-state index in [1.54, 1.807) is 30.5 Å². The molecule has 0 radical (unpaired) electrons. The molecular weight excluding hydrogens is 342 g/mol. The lowest BCUT2D eigenvalue weighted by molar-refractivity contribution is -0.111. The number of rotatable bonds is 2. The van der Waals surface area contributed by atoms with Crippen molar-refractivity contribution in [2.45, 2.75) is 0 Å². The van der Waals surface area contributed by atoms with Crippen LogP contribution in [0.5, 0.6) is 0 Å². The fourth-order valence-electron chi connectivity index (χ4n) is 2.63. The summed E-state index contributed by atoms with van der Waals surface area (Å²) in [4.78, 5) is 22.9. The molecule has 2 aliphatic rings. The summed E-state index contributed by atoms with van der Waals surface area (Å²) < 4.78 is 0. The molecule has 0 aromatic heterocycles. The molecule has 24 heavy (non-hydrogen) atoms. The minimum Gasteiger partial charge on any atom is -0.266 e. The average Bonchev–Trinajstić information content (AvgIpc) is 3.01. The molecule has 0 N–H and O–H groups in total. The van der Waals surface area contributed by atoms with Crippen molar-refractivity contribution < 1.29 is 4.79 Å². The summed E-state index contributed by atoms with van der Waals surface area (Å²) in [5.74, 6) is -0.283. The lowest BCUT2D eigenvalue weighted by atomic mass is 9.99. The number of anilines is 1. The van der Waals surface area contributed by atoms with Gasteiger partial charge in [0.1, 0.15) is 5.71 Å². The lowest BCUT2D eigenvalue weighted by Gasteiger charge is -2.25. The number of fused-ring (bicyclic) bond motifs is 1. The first-order valence-electron chi connectivity index (χ1n) is 7.22. The molecule has 2 aromatic carbocycles.